The molecule has 0 fully saturated rings. The van der Waals surface area contributed by atoms with Crippen molar-refractivity contribution in [3.63, 3.8) is 0 Å². The number of nitrogens with one attached hydrogen (secondary N) is 1. The summed E-state index contributed by atoms with van der Waals surface area (Å²) in [5, 5.41) is 22.1. The highest BCUT2D eigenvalue weighted by atomic mass is 16.6. The molecule has 0 radical (unpaired) electrons. The fourth-order valence-corrected chi connectivity index (χ4v) is 1.94. The van der Waals surface area contributed by atoms with Gasteiger partial charge < -0.3 is 5.32 Å². The molecule has 0 saturated heterocycles. The number of hydrogen-bond acceptors (Lipinski definition) is 4. The number of benzene rings is 2. The summed E-state index contributed by atoms with van der Waals surface area (Å²) in [6.07, 6.45) is 2.95. The van der Waals surface area contributed by atoms with Gasteiger partial charge in [0.15, 0.2) is 0 Å². The van der Waals surface area contributed by atoms with Crippen molar-refractivity contribution in [1.82, 2.24) is 0 Å². The number of nitro groups is 1. The maximum absolute atomic E-state index is 11.9. The Balaban J connectivity index is 2.05. The maximum Gasteiger partial charge on any atom is 0.276 e. The normalized spacial score (nSPS) is 10.2. The number of amides is 1. The Morgan fingerprint density at radius 2 is 1.91 bits per heavy atom. The molecule has 0 aromatic heterocycles. The second-order valence-electron chi connectivity index (χ2n) is 4.67. The van der Waals surface area contributed by atoms with Crippen LogP contribution in [-0.2, 0) is 11.2 Å². The largest absolute Gasteiger partial charge is 0.323 e. The van der Waals surface area contributed by atoms with Crippen LogP contribution in [0, 0.1) is 21.4 Å². The highest BCUT2D eigenvalue weighted by molar-refractivity contribution is 6.02. The van der Waals surface area contributed by atoms with E-state index in [0.717, 1.165) is 5.56 Å². The van der Waals surface area contributed by atoms with Crippen molar-refractivity contribution < 1.29 is 9.72 Å². The van der Waals surface area contributed by atoms with E-state index in [4.69, 9.17) is 5.26 Å². The quantitative estimate of drug-likeness (QED) is 0.520. The van der Waals surface area contributed by atoms with Gasteiger partial charge in [0, 0.05) is 17.8 Å². The van der Waals surface area contributed by atoms with Gasteiger partial charge in [-0.2, -0.15) is 5.26 Å². The molecule has 1 N–H and O–H groups in total. The Hall–Kier alpha value is -3.46. The minimum Gasteiger partial charge on any atom is -0.323 e. The smallest absolute Gasteiger partial charge is 0.276 e. The lowest BCUT2D eigenvalue weighted by atomic mass is 10.1. The Labute approximate surface area is 132 Å². The molecule has 0 spiro atoms. The summed E-state index contributed by atoms with van der Waals surface area (Å²) in [5.41, 5.74) is 1.75. The van der Waals surface area contributed by atoms with E-state index in [2.05, 4.69) is 5.32 Å². The van der Waals surface area contributed by atoms with Gasteiger partial charge >= 0.3 is 0 Å². The standard InChI is InChI=1S/C17H13N3O3/c18-12-11-13-5-8-15(9-6-13)19-17(21)10-7-14-3-1-2-4-16(14)20(22)23/h1-10H,11H2,(H,19,21)/b10-7+. The van der Waals surface area contributed by atoms with Gasteiger partial charge in [-0.3, -0.25) is 14.9 Å². The molecule has 0 aliphatic rings. The van der Waals surface area contributed by atoms with Crippen LogP contribution in [0.2, 0.25) is 0 Å². The van der Waals surface area contributed by atoms with Crippen molar-refractivity contribution in [2.75, 3.05) is 5.32 Å². The molecule has 0 aliphatic carbocycles. The molecule has 2 aromatic carbocycles. The Bertz CT molecular complexity index is 789. The van der Waals surface area contributed by atoms with Gasteiger partial charge in [-0.05, 0) is 29.8 Å². The predicted molar refractivity (Wildman–Crippen MR) is 86.5 cm³/mol. The number of nitrogens with zero attached hydrogens (tertiary/aromatic N) is 2. The zero-order valence-electron chi connectivity index (χ0n) is 12.1. The second-order valence-corrected chi connectivity index (χ2v) is 4.67. The van der Waals surface area contributed by atoms with E-state index >= 15 is 0 Å². The van der Waals surface area contributed by atoms with E-state index in [1.54, 1.807) is 42.5 Å². The number of rotatable bonds is 5. The van der Waals surface area contributed by atoms with Crippen LogP contribution in [0.15, 0.2) is 54.6 Å². The molecule has 2 aromatic rings. The van der Waals surface area contributed by atoms with Gasteiger partial charge in [0.05, 0.1) is 23.0 Å². The average Bonchev–Trinajstić information content (AvgIpc) is 2.55. The molecule has 2 rings (SSSR count). The molecule has 0 atom stereocenters. The third-order valence-corrected chi connectivity index (χ3v) is 3.05. The molecule has 1 amide bonds. The lowest BCUT2D eigenvalue weighted by Crippen LogP contribution is -2.07. The molecule has 23 heavy (non-hydrogen) atoms. The van der Waals surface area contributed by atoms with Crippen LogP contribution in [0.25, 0.3) is 6.08 Å². The molecule has 6 nitrogen and oxygen atoms in total. The topological polar surface area (TPSA) is 96.0 Å². The third kappa shape index (κ3) is 4.51. The molecular weight excluding hydrogens is 294 g/mol. The van der Waals surface area contributed by atoms with Gasteiger partial charge in [-0.1, -0.05) is 24.3 Å². The van der Waals surface area contributed by atoms with E-state index < -0.39 is 10.8 Å². The summed E-state index contributed by atoms with van der Waals surface area (Å²) in [5.74, 6) is -0.392. The van der Waals surface area contributed by atoms with Crippen LogP contribution in [0.5, 0.6) is 0 Å². The van der Waals surface area contributed by atoms with E-state index in [-0.39, 0.29) is 5.69 Å². The lowest BCUT2D eigenvalue weighted by Gasteiger charge is -2.03. The average molecular weight is 307 g/mol. The first-order chi connectivity index (χ1) is 11.1. The monoisotopic (exact) mass is 307 g/mol. The van der Waals surface area contributed by atoms with Gasteiger partial charge in [-0.25, -0.2) is 0 Å². The zero-order chi connectivity index (χ0) is 16.7. The SMILES string of the molecule is N#CCc1ccc(NC(=O)/C=C/c2ccccc2[N+](=O)[O-])cc1. The Kier molecular flexibility index (Phi) is 5.21. The zero-order valence-corrected chi connectivity index (χ0v) is 12.1. The molecule has 6 heteroatoms. The summed E-state index contributed by atoms with van der Waals surface area (Å²) in [6.45, 7) is 0. The Morgan fingerprint density at radius 3 is 2.57 bits per heavy atom. The van der Waals surface area contributed by atoms with Crippen LogP contribution >= 0.6 is 0 Å². The van der Waals surface area contributed by atoms with Gasteiger partial charge in [0.1, 0.15) is 0 Å². The number of carbonyl (C=O) groups excluding carboxylic acids is 1. The van der Waals surface area contributed by atoms with E-state index in [0.29, 0.717) is 17.7 Å². The predicted octanol–water partition coefficient (Wildman–Crippen LogP) is 3.31. The van der Waals surface area contributed by atoms with Gasteiger partial charge in [0.2, 0.25) is 5.91 Å². The van der Waals surface area contributed by atoms with Gasteiger partial charge in [-0.15, -0.1) is 0 Å². The number of nitro benzene ring substituents is 1. The summed E-state index contributed by atoms with van der Waals surface area (Å²) in [4.78, 5) is 22.3. The number of para-hydroxylation sites is 1. The lowest BCUT2D eigenvalue weighted by molar-refractivity contribution is -0.385. The van der Waals surface area contributed by atoms with E-state index in [1.165, 1.54) is 18.2 Å². The van der Waals surface area contributed by atoms with Crippen LogP contribution in [0.1, 0.15) is 11.1 Å². The van der Waals surface area contributed by atoms with Crippen molar-refractivity contribution in [3.8, 4) is 6.07 Å². The highest BCUT2D eigenvalue weighted by Crippen LogP contribution is 2.19. The van der Waals surface area contributed by atoms with Crippen molar-refractivity contribution in [1.29, 1.82) is 5.26 Å². The second kappa shape index (κ2) is 7.52. The number of anilines is 1. The molecule has 0 bridgehead atoms. The number of carbonyl (C=O) groups is 1. The molecule has 0 heterocycles. The Morgan fingerprint density at radius 1 is 1.22 bits per heavy atom. The third-order valence-electron chi connectivity index (χ3n) is 3.05. The van der Waals surface area contributed by atoms with Crippen molar-refractivity contribution >= 4 is 23.4 Å². The molecule has 0 unspecified atom stereocenters. The molecule has 0 aliphatic heterocycles. The van der Waals surface area contributed by atoms with Crippen LogP contribution in [0.3, 0.4) is 0 Å². The summed E-state index contributed by atoms with van der Waals surface area (Å²) >= 11 is 0. The van der Waals surface area contributed by atoms with E-state index in [9.17, 15) is 14.9 Å². The minimum atomic E-state index is -0.495. The van der Waals surface area contributed by atoms with Crippen LogP contribution < -0.4 is 5.32 Å². The molecule has 114 valence electrons. The fourth-order valence-electron chi connectivity index (χ4n) is 1.94. The highest BCUT2D eigenvalue weighted by Gasteiger charge is 2.09. The fraction of sp³-hybridized carbons (Fsp3) is 0.0588. The van der Waals surface area contributed by atoms with Crippen molar-refractivity contribution in [2.45, 2.75) is 6.42 Å². The first kappa shape index (κ1) is 15.9. The summed E-state index contributed by atoms with van der Waals surface area (Å²) < 4.78 is 0. The van der Waals surface area contributed by atoms with Crippen LogP contribution in [0.4, 0.5) is 11.4 Å². The van der Waals surface area contributed by atoms with Crippen LogP contribution in [-0.4, -0.2) is 10.8 Å². The number of hydrogen-bond donors (Lipinski definition) is 1. The summed E-state index contributed by atoms with van der Waals surface area (Å²) in [6, 6.07) is 15.1. The molecule has 0 saturated carbocycles. The first-order valence-corrected chi connectivity index (χ1v) is 6.78. The number of nitriles is 1. The van der Waals surface area contributed by atoms with Crippen molar-refractivity contribution in [2.24, 2.45) is 0 Å². The van der Waals surface area contributed by atoms with E-state index in [1.807, 2.05) is 6.07 Å². The first-order valence-electron chi connectivity index (χ1n) is 6.78. The summed E-state index contributed by atoms with van der Waals surface area (Å²) in [7, 11) is 0. The molecular formula is C17H13N3O3. The minimum absolute atomic E-state index is 0.0580. The maximum atomic E-state index is 11.9. The van der Waals surface area contributed by atoms with Gasteiger partial charge in [0.25, 0.3) is 5.69 Å². The van der Waals surface area contributed by atoms with Crippen molar-refractivity contribution in [3.05, 3.63) is 75.8 Å².